The van der Waals surface area contributed by atoms with Gasteiger partial charge in [0, 0.05) is 24.5 Å². The number of nitrogens with zero attached hydrogens (tertiary/aromatic N) is 5. The molecule has 3 heterocycles. The lowest BCUT2D eigenvalue weighted by atomic mass is 9.87. The fraction of sp³-hybridized carbons (Fsp3) is 0.581. The number of oxazole rings is 1. The molecule has 0 bridgehead atoms. The highest BCUT2D eigenvalue weighted by Gasteiger charge is 2.32. The van der Waals surface area contributed by atoms with E-state index in [4.69, 9.17) is 13.7 Å². The maximum atomic E-state index is 13.9. The summed E-state index contributed by atoms with van der Waals surface area (Å²) in [4.78, 5) is 36.0. The number of halogens is 2. The number of rotatable bonds is 10. The minimum absolute atomic E-state index is 0.0609. The minimum Gasteiger partial charge on any atom is -0.444 e. The Morgan fingerprint density at radius 2 is 1.81 bits per heavy atom. The van der Waals surface area contributed by atoms with Crippen LogP contribution in [-0.4, -0.2) is 62.6 Å². The van der Waals surface area contributed by atoms with Crippen LogP contribution in [0.5, 0.6) is 0 Å². The standard InChI is InChI=1S/C29H36F2N6O7S.C2H6/c1-29(2,3)44-28(39)36(13-17-4-5-17)23-12-19(10-11-32-23)27-34-22(15-43-27)26(38)33-21-14-37(35-24(21)25(30)31)20-8-6-18(7-9-20)16-45(40,41)42;1-2/h10-12,14-15,17-18,20,25H,4-9,13,16H2,1-3H3,(H,33,38)(H,40,41,42);1-2H3. The second kappa shape index (κ2) is 14.9. The fourth-order valence-electron chi connectivity index (χ4n) is 5.26. The van der Waals surface area contributed by atoms with Crippen LogP contribution in [0.15, 0.2) is 35.2 Å². The fourth-order valence-corrected chi connectivity index (χ4v) is 6.19. The molecule has 47 heavy (non-hydrogen) atoms. The lowest BCUT2D eigenvalue weighted by molar-refractivity contribution is 0.0577. The summed E-state index contributed by atoms with van der Waals surface area (Å²) in [7, 11) is -4.10. The Bertz CT molecular complexity index is 1640. The Morgan fingerprint density at radius 1 is 1.15 bits per heavy atom. The van der Waals surface area contributed by atoms with E-state index in [1.54, 1.807) is 32.9 Å². The average Bonchev–Trinajstić information content (AvgIpc) is 3.50. The van der Waals surface area contributed by atoms with E-state index < -0.39 is 39.8 Å². The summed E-state index contributed by atoms with van der Waals surface area (Å²) in [6.45, 7) is 9.77. The van der Waals surface area contributed by atoms with E-state index in [9.17, 15) is 26.8 Å². The Labute approximate surface area is 272 Å². The molecule has 2 saturated carbocycles. The number of carbonyl (C=O) groups is 2. The van der Waals surface area contributed by atoms with Gasteiger partial charge in [-0.1, -0.05) is 13.8 Å². The number of aromatic nitrogens is 4. The lowest BCUT2D eigenvalue weighted by Gasteiger charge is -2.27. The number of hydrogen-bond donors (Lipinski definition) is 2. The van der Waals surface area contributed by atoms with E-state index in [1.807, 2.05) is 13.8 Å². The van der Waals surface area contributed by atoms with Crippen LogP contribution in [-0.2, 0) is 14.9 Å². The molecule has 3 aromatic heterocycles. The molecule has 2 fully saturated rings. The third kappa shape index (κ3) is 10.0. The maximum absolute atomic E-state index is 13.9. The van der Waals surface area contributed by atoms with Crippen molar-refractivity contribution in [3.63, 3.8) is 0 Å². The molecule has 2 N–H and O–H groups in total. The zero-order valence-electron chi connectivity index (χ0n) is 27.1. The van der Waals surface area contributed by atoms with Gasteiger partial charge in [0.15, 0.2) is 11.4 Å². The molecule has 0 aromatic carbocycles. The summed E-state index contributed by atoms with van der Waals surface area (Å²) in [5.41, 5.74) is -1.21. The monoisotopic (exact) mass is 680 g/mol. The van der Waals surface area contributed by atoms with Crippen LogP contribution in [0.3, 0.4) is 0 Å². The van der Waals surface area contributed by atoms with Crippen LogP contribution in [0.4, 0.5) is 25.1 Å². The highest BCUT2D eigenvalue weighted by Crippen LogP contribution is 2.36. The summed E-state index contributed by atoms with van der Waals surface area (Å²) >= 11 is 0. The van der Waals surface area contributed by atoms with E-state index in [1.165, 1.54) is 22.0 Å². The zero-order valence-corrected chi connectivity index (χ0v) is 28.0. The quantitative estimate of drug-likeness (QED) is 0.214. The molecule has 0 saturated heterocycles. The molecule has 5 rings (SSSR count). The van der Waals surface area contributed by atoms with Gasteiger partial charge in [-0.15, -0.1) is 0 Å². The van der Waals surface area contributed by atoms with Crippen molar-refractivity contribution in [1.82, 2.24) is 19.7 Å². The first kappa shape index (κ1) is 35.9. The molecule has 3 aromatic rings. The third-order valence-electron chi connectivity index (χ3n) is 7.61. The SMILES string of the molecule is CC.CC(C)(C)OC(=O)N(CC1CC1)c1cc(-c2nc(C(=O)Nc3cn(C4CCC(CS(=O)(=O)O)CC4)nc3C(F)F)co2)ccn1. The van der Waals surface area contributed by atoms with Crippen LogP contribution in [0, 0.1) is 11.8 Å². The molecular weight excluding hydrogens is 638 g/mol. The molecule has 258 valence electrons. The van der Waals surface area contributed by atoms with Gasteiger partial charge in [-0.05, 0) is 83.3 Å². The molecule has 0 aliphatic heterocycles. The van der Waals surface area contributed by atoms with Crippen molar-refractivity contribution in [2.24, 2.45) is 11.8 Å². The number of alkyl halides is 2. The van der Waals surface area contributed by atoms with E-state index >= 15 is 0 Å². The van der Waals surface area contributed by atoms with Crippen LogP contribution >= 0.6 is 0 Å². The van der Waals surface area contributed by atoms with Crippen molar-refractivity contribution >= 4 is 33.6 Å². The Kier molecular flexibility index (Phi) is 11.4. The highest BCUT2D eigenvalue weighted by atomic mass is 32.2. The van der Waals surface area contributed by atoms with Crippen LogP contribution in [0.2, 0.25) is 0 Å². The first-order valence-electron chi connectivity index (χ1n) is 15.7. The van der Waals surface area contributed by atoms with Gasteiger partial charge in [-0.3, -0.25) is 18.9 Å². The molecule has 0 unspecified atom stereocenters. The molecule has 2 aliphatic rings. The van der Waals surface area contributed by atoms with Gasteiger partial charge in [-0.2, -0.15) is 13.5 Å². The topological polar surface area (TPSA) is 170 Å². The van der Waals surface area contributed by atoms with Gasteiger partial charge in [0.2, 0.25) is 5.89 Å². The van der Waals surface area contributed by atoms with E-state index in [0.29, 0.717) is 49.5 Å². The molecule has 13 nitrogen and oxygen atoms in total. The highest BCUT2D eigenvalue weighted by molar-refractivity contribution is 7.85. The average molecular weight is 681 g/mol. The number of amides is 2. The number of nitrogens with one attached hydrogen (secondary N) is 1. The second-order valence-electron chi connectivity index (χ2n) is 12.6. The van der Waals surface area contributed by atoms with Crippen molar-refractivity contribution in [3.05, 3.63) is 42.2 Å². The molecule has 0 radical (unpaired) electrons. The van der Waals surface area contributed by atoms with Crippen molar-refractivity contribution < 1.29 is 40.5 Å². The first-order chi connectivity index (χ1) is 22.1. The predicted octanol–water partition coefficient (Wildman–Crippen LogP) is 6.92. The smallest absolute Gasteiger partial charge is 0.416 e. The van der Waals surface area contributed by atoms with Crippen LogP contribution in [0.1, 0.15) is 102 Å². The first-order valence-corrected chi connectivity index (χ1v) is 17.3. The maximum Gasteiger partial charge on any atom is 0.416 e. The number of hydrogen-bond acceptors (Lipinski definition) is 9. The minimum atomic E-state index is -4.10. The summed E-state index contributed by atoms with van der Waals surface area (Å²) in [5.74, 6) is -0.614. The van der Waals surface area contributed by atoms with Gasteiger partial charge in [0.05, 0.1) is 17.5 Å². The number of carbonyl (C=O) groups excluding carboxylic acids is 2. The third-order valence-corrected chi connectivity index (χ3v) is 8.50. The summed E-state index contributed by atoms with van der Waals surface area (Å²) in [6, 6.07) is 2.93. The van der Waals surface area contributed by atoms with Gasteiger partial charge in [-0.25, -0.2) is 23.5 Å². The molecule has 2 aliphatic carbocycles. The van der Waals surface area contributed by atoms with E-state index in [0.717, 1.165) is 19.1 Å². The van der Waals surface area contributed by atoms with Gasteiger partial charge >= 0.3 is 6.09 Å². The number of ether oxygens (including phenoxy) is 1. The van der Waals surface area contributed by atoms with E-state index in [2.05, 4.69) is 20.4 Å². The van der Waals surface area contributed by atoms with Crippen molar-refractivity contribution in [2.75, 3.05) is 22.5 Å². The van der Waals surface area contributed by atoms with Gasteiger partial charge < -0.3 is 14.5 Å². The Hall–Kier alpha value is -3.92. The summed E-state index contributed by atoms with van der Waals surface area (Å²) < 4.78 is 71.7. The summed E-state index contributed by atoms with van der Waals surface area (Å²) in [6.07, 6.45) is 4.32. The Morgan fingerprint density at radius 3 is 2.40 bits per heavy atom. The van der Waals surface area contributed by atoms with E-state index in [-0.39, 0.29) is 35.0 Å². The zero-order chi connectivity index (χ0) is 34.5. The molecular formula is C31H42F2N6O7S. The second-order valence-corrected chi connectivity index (χ2v) is 14.1. The molecule has 16 heteroatoms. The molecule has 0 atom stereocenters. The number of pyridine rings is 1. The lowest BCUT2D eigenvalue weighted by Crippen LogP contribution is -2.38. The van der Waals surface area contributed by atoms with Crippen LogP contribution < -0.4 is 10.2 Å². The summed E-state index contributed by atoms with van der Waals surface area (Å²) in [5, 5.41) is 6.46. The molecule has 0 spiro atoms. The predicted molar refractivity (Wildman–Crippen MR) is 170 cm³/mol. The Balaban J connectivity index is 0.00000245. The number of anilines is 2. The van der Waals surface area contributed by atoms with Crippen LogP contribution in [0.25, 0.3) is 11.5 Å². The molecule has 2 amide bonds. The van der Waals surface area contributed by atoms with Gasteiger partial charge in [0.1, 0.15) is 17.7 Å². The van der Waals surface area contributed by atoms with Crippen molar-refractivity contribution in [2.45, 2.75) is 91.2 Å². The van der Waals surface area contributed by atoms with Gasteiger partial charge in [0.25, 0.3) is 22.5 Å². The normalized spacial score (nSPS) is 18.3. The van der Waals surface area contributed by atoms with Crippen molar-refractivity contribution in [3.8, 4) is 11.5 Å². The van der Waals surface area contributed by atoms with Crippen molar-refractivity contribution in [1.29, 1.82) is 0 Å². The largest absolute Gasteiger partial charge is 0.444 e.